The zero-order valence-corrected chi connectivity index (χ0v) is 13.8. The highest BCUT2D eigenvalue weighted by Gasteiger charge is 2.20. The van der Waals surface area contributed by atoms with Crippen molar-refractivity contribution < 1.29 is 13.1 Å². The van der Waals surface area contributed by atoms with Gasteiger partial charge in [-0.1, -0.05) is 48.5 Å². The molecule has 0 aliphatic carbocycles. The highest BCUT2D eigenvalue weighted by molar-refractivity contribution is 7.45. The zero-order chi connectivity index (χ0) is 15.9. The topological polar surface area (TPSA) is 35.5 Å². The van der Waals surface area contributed by atoms with Gasteiger partial charge in [0.2, 0.25) is 0 Å². The van der Waals surface area contributed by atoms with Gasteiger partial charge in [-0.2, -0.15) is 0 Å². The third kappa shape index (κ3) is 2.13. The fourth-order valence-electron chi connectivity index (χ4n) is 3.17. The van der Waals surface area contributed by atoms with Crippen molar-refractivity contribution in [3.8, 4) is 11.1 Å². The van der Waals surface area contributed by atoms with Crippen LogP contribution in [0.25, 0.3) is 27.2 Å². The zero-order valence-electron chi connectivity index (χ0n) is 12.9. The van der Waals surface area contributed by atoms with E-state index in [4.69, 9.17) is 13.1 Å². The molecule has 5 rings (SSSR count). The molecule has 4 aromatic rings. The number of para-hydroxylation sites is 3. The van der Waals surface area contributed by atoms with E-state index >= 15 is 0 Å². The first-order chi connectivity index (χ1) is 11.9. The lowest BCUT2D eigenvalue weighted by Crippen LogP contribution is -1.86. The van der Waals surface area contributed by atoms with Gasteiger partial charge < -0.3 is 13.1 Å². The molecule has 3 nitrogen and oxygen atoms in total. The molecule has 0 fully saturated rings. The van der Waals surface area contributed by atoms with Crippen LogP contribution < -0.4 is 4.74 Å². The van der Waals surface area contributed by atoms with Crippen molar-refractivity contribution >= 4 is 30.0 Å². The van der Waals surface area contributed by atoms with Crippen LogP contribution in [0.4, 0.5) is 0 Å². The van der Waals surface area contributed by atoms with Gasteiger partial charge in [0.25, 0.3) is 8.01 Å². The lowest BCUT2D eigenvalue weighted by molar-refractivity contribution is 0.358. The molecule has 0 N–H and O–H groups in total. The van der Waals surface area contributed by atoms with Gasteiger partial charge in [0.1, 0.15) is 22.2 Å². The van der Waals surface area contributed by atoms with Crippen molar-refractivity contribution in [3.63, 3.8) is 0 Å². The molecule has 0 amide bonds. The molecular formula is C20H15O3P. The molecule has 1 aliphatic rings. The average molecular weight is 334 g/mol. The third-order valence-corrected chi connectivity index (χ3v) is 5.79. The van der Waals surface area contributed by atoms with Gasteiger partial charge in [0, 0.05) is 17.2 Å². The Morgan fingerprint density at radius 3 is 2.08 bits per heavy atom. The molecule has 3 aromatic carbocycles. The lowest BCUT2D eigenvalue weighted by Gasteiger charge is -2.05. The van der Waals surface area contributed by atoms with Gasteiger partial charge in [-0.15, -0.1) is 0 Å². The number of ether oxygens (including phenoxy) is 1. The first-order valence-corrected chi connectivity index (χ1v) is 9.17. The molecule has 0 atom stereocenters. The SMILES string of the molecule is c1cc2c(c(-p3oc4ccccc4c4ccccc4o3)c1)OCC2. The van der Waals surface area contributed by atoms with E-state index in [0.717, 1.165) is 46.0 Å². The van der Waals surface area contributed by atoms with Crippen LogP contribution in [0.3, 0.4) is 0 Å². The highest BCUT2D eigenvalue weighted by Crippen LogP contribution is 2.49. The Kier molecular flexibility index (Phi) is 3.14. The fraction of sp³-hybridized carbons (Fsp3) is 0.100. The summed E-state index contributed by atoms with van der Waals surface area (Å²) in [6.45, 7) is 0.725. The molecular weight excluding hydrogens is 319 g/mol. The quantitative estimate of drug-likeness (QED) is 0.415. The van der Waals surface area contributed by atoms with E-state index in [1.165, 1.54) is 5.56 Å². The molecule has 0 radical (unpaired) electrons. The Labute approximate surface area is 140 Å². The molecule has 118 valence electrons. The molecule has 0 saturated heterocycles. The van der Waals surface area contributed by atoms with Gasteiger partial charge in [0.15, 0.2) is 0 Å². The first-order valence-electron chi connectivity index (χ1n) is 7.99. The average Bonchev–Trinajstić information content (AvgIpc) is 3.04. The predicted octanol–water partition coefficient (Wildman–Crippen LogP) is 6.21. The minimum atomic E-state index is -1.29. The van der Waals surface area contributed by atoms with Crippen LogP contribution in [-0.4, -0.2) is 6.61 Å². The van der Waals surface area contributed by atoms with Crippen molar-refractivity contribution in [2.45, 2.75) is 6.42 Å². The maximum absolute atomic E-state index is 6.31. The van der Waals surface area contributed by atoms with E-state index in [1.807, 2.05) is 42.5 Å². The molecule has 0 saturated carbocycles. The maximum Gasteiger partial charge on any atom is 0.256 e. The van der Waals surface area contributed by atoms with E-state index in [9.17, 15) is 0 Å². The smallest absolute Gasteiger partial charge is 0.256 e. The fourth-order valence-corrected chi connectivity index (χ4v) is 4.67. The van der Waals surface area contributed by atoms with Gasteiger partial charge in [-0.25, -0.2) is 0 Å². The molecule has 1 aliphatic heterocycles. The lowest BCUT2D eigenvalue weighted by atomic mass is 10.1. The number of benzene rings is 3. The van der Waals surface area contributed by atoms with E-state index in [-0.39, 0.29) is 0 Å². The number of rotatable bonds is 1. The Hall–Kier alpha value is -2.64. The molecule has 0 bridgehead atoms. The van der Waals surface area contributed by atoms with Crippen LogP contribution in [0, 0.1) is 0 Å². The summed E-state index contributed by atoms with van der Waals surface area (Å²) in [4.78, 5) is 0. The molecule has 0 spiro atoms. The Bertz CT molecular complexity index is 1040. The Morgan fingerprint density at radius 1 is 0.708 bits per heavy atom. The molecule has 4 heteroatoms. The predicted molar refractivity (Wildman–Crippen MR) is 96.9 cm³/mol. The summed E-state index contributed by atoms with van der Waals surface area (Å²) in [6, 6.07) is 22.4. The minimum absolute atomic E-state index is 0.725. The van der Waals surface area contributed by atoms with Crippen molar-refractivity contribution in [2.24, 2.45) is 0 Å². The van der Waals surface area contributed by atoms with Crippen LogP contribution in [0.1, 0.15) is 5.56 Å². The minimum Gasteiger partial charge on any atom is -0.492 e. The van der Waals surface area contributed by atoms with Crippen molar-refractivity contribution in [1.29, 1.82) is 0 Å². The second kappa shape index (κ2) is 5.47. The Balaban J connectivity index is 1.91. The summed E-state index contributed by atoms with van der Waals surface area (Å²) >= 11 is 0. The van der Waals surface area contributed by atoms with Crippen molar-refractivity contribution in [2.75, 3.05) is 6.61 Å². The normalized spacial score (nSPS) is 13.0. The molecule has 2 heterocycles. The summed E-state index contributed by atoms with van der Waals surface area (Å²) < 4.78 is 18.5. The van der Waals surface area contributed by atoms with Crippen LogP contribution in [0.2, 0.25) is 0 Å². The second-order valence-corrected chi connectivity index (χ2v) is 7.16. The second-order valence-electron chi connectivity index (χ2n) is 5.80. The third-order valence-electron chi connectivity index (χ3n) is 4.32. The Morgan fingerprint density at radius 2 is 1.38 bits per heavy atom. The van der Waals surface area contributed by atoms with Crippen LogP contribution >= 0.6 is 8.01 Å². The molecule has 0 unspecified atom stereocenters. The molecule has 24 heavy (non-hydrogen) atoms. The maximum atomic E-state index is 6.31. The first kappa shape index (κ1) is 13.8. The number of hydrogen-bond acceptors (Lipinski definition) is 3. The monoisotopic (exact) mass is 334 g/mol. The summed E-state index contributed by atoms with van der Waals surface area (Å²) in [6.07, 6.45) is 0.944. The number of fused-ring (bicyclic) bond motifs is 4. The van der Waals surface area contributed by atoms with Crippen LogP contribution in [0.15, 0.2) is 75.1 Å². The van der Waals surface area contributed by atoms with Crippen LogP contribution in [-0.2, 0) is 6.42 Å². The highest BCUT2D eigenvalue weighted by atomic mass is 31.1. The summed E-state index contributed by atoms with van der Waals surface area (Å²) in [5.74, 6) is 0.931. The number of hydrogen-bond donors (Lipinski definition) is 0. The largest absolute Gasteiger partial charge is 0.492 e. The standard InChI is InChI=1S/C20H15O3P/c1-3-9-17-15(7-1)16-8-2-4-10-18(16)23-24(22-17)19-11-5-6-14-12-13-21-20(14)19/h1-11H,12-13H2. The molecule has 1 aromatic heterocycles. The van der Waals surface area contributed by atoms with E-state index in [0.29, 0.717) is 0 Å². The van der Waals surface area contributed by atoms with Gasteiger partial charge in [0.05, 0.1) is 6.61 Å². The van der Waals surface area contributed by atoms with Crippen molar-refractivity contribution in [1.82, 2.24) is 0 Å². The van der Waals surface area contributed by atoms with E-state index in [1.54, 1.807) is 0 Å². The van der Waals surface area contributed by atoms with Crippen LogP contribution in [0.5, 0.6) is 5.75 Å². The van der Waals surface area contributed by atoms with E-state index in [2.05, 4.69) is 24.3 Å². The van der Waals surface area contributed by atoms with E-state index < -0.39 is 8.01 Å². The van der Waals surface area contributed by atoms with Crippen molar-refractivity contribution in [3.05, 3.63) is 72.3 Å². The van der Waals surface area contributed by atoms with Gasteiger partial charge in [-0.05, 0) is 23.8 Å². The van der Waals surface area contributed by atoms with Gasteiger partial charge >= 0.3 is 0 Å². The summed E-state index contributed by atoms with van der Waals surface area (Å²) in [5, 5.41) is 3.13. The summed E-state index contributed by atoms with van der Waals surface area (Å²) in [7, 11) is -1.29. The van der Waals surface area contributed by atoms with Gasteiger partial charge in [-0.3, -0.25) is 0 Å². The summed E-state index contributed by atoms with van der Waals surface area (Å²) in [5.41, 5.74) is 2.93.